The Hall–Kier alpha value is -2.17. The van der Waals surface area contributed by atoms with Gasteiger partial charge in [0.25, 0.3) is 0 Å². The van der Waals surface area contributed by atoms with Gasteiger partial charge in [-0.25, -0.2) is 4.98 Å². The largest absolute Gasteiger partial charge is 0.328 e. The van der Waals surface area contributed by atoms with Crippen LogP contribution in [-0.2, 0) is 6.54 Å². The number of para-hydroxylation sites is 2. The van der Waals surface area contributed by atoms with E-state index >= 15 is 0 Å². The summed E-state index contributed by atoms with van der Waals surface area (Å²) < 4.78 is 2.34. The highest BCUT2D eigenvalue weighted by atomic mass is 35.5. The summed E-state index contributed by atoms with van der Waals surface area (Å²) in [7, 11) is 0. The first kappa shape index (κ1) is 18.2. The number of halogens is 1. The number of piperidine rings is 1. The van der Waals surface area contributed by atoms with Crippen molar-refractivity contribution >= 4 is 28.4 Å². The molecular weight excluding hydrogens is 358 g/mol. The Morgan fingerprint density at radius 1 is 1.11 bits per heavy atom. The van der Waals surface area contributed by atoms with Crippen molar-refractivity contribution in [2.75, 3.05) is 19.6 Å². The van der Waals surface area contributed by atoms with E-state index in [1.165, 1.54) is 5.52 Å². The third-order valence-electron chi connectivity index (χ3n) is 5.53. The summed E-state index contributed by atoms with van der Waals surface area (Å²) >= 11 is 5.90. The number of aryl methyl sites for hydroxylation is 1. The first-order valence-corrected chi connectivity index (χ1v) is 9.91. The Kier molecular flexibility index (Phi) is 5.28. The zero-order valence-corrected chi connectivity index (χ0v) is 16.3. The van der Waals surface area contributed by atoms with Gasteiger partial charge in [-0.1, -0.05) is 23.7 Å². The standard InChI is InChI=1S/C22H24ClN3O/c1-16-24-20-4-2-3-5-21(20)26(16)14-17-10-12-25(13-11-17)15-22(27)18-6-8-19(23)9-7-18/h2-9,17H,10-15H2,1H3. The minimum Gasteiger partial charge on any atom is -0.328 e. The van der Waals surface area contributed by atoms with Crippen LogP contribution in [0.4, 0.5) is 0 Å². The SMILES string of the molecule is Cc1nc2ccccc2n1CC1CCN(CC(=O)c2ccc(Cl)cc2)CC1. The van der Waals surface area contributed by atoms with Crippen LogP contribution in [0.15, 0.2) is 48.5 Å². The molecule has 0 radical (unpaired) electrons. The van der Waals surface area contributed by atoms with E-state index in [2.05, 4.69) is 39.6 Å². The molecule has 0 atom stereocenters. The van der Waals surface area contributed by atoms with Crippen molar-refractivity contribution in [3.63, 3.8) is 0 Å². The quantitative estimate of drug-likeness (QED) is 0.606. The summed E-state index contributed by atoms with van der Waals surface area (Å²) in [5.74, 6) is 1.88. The topological polar surface area (TPSA) is 38.1 Å². The predicted molar refractivity (Wildman–Crippen MR) is 109 cm³/mol. The molecule has 1 aliphatic rings. The third kappa shape index (κ3) is 4.07. The number of ketones is 1. The van der Waals surface area contributed by atoms with Gasteiger partial charge >= 0.3 is 0 Å². The van der Waals surface area contributed by atoms with Crippen LogP contribution in [0.1, 0.15) is 29.0 Å². The van der Waals surface area contributed by atoms with E-state index in [1.807, 2.05) is 18.2 Å². The van der Waals surface area contributed by atoms with Gasteiger partial charge in [0.15, 0.2) is 5.78 Å². The van der Waals surface area contributed by atoms with Crippen molar-refractivity contribution in [2.45, 2.75) is 26.3 Å². The van der Waals surface area contributed by atoms with Gasteiger partial charge in [0, 0.05) is 17.1 Å². The molecule has 27 heavy (non-hydrogen) atoms. The van der Waals surface area contributed by atoms with Gasteiger partial charge in [-0.15, -0.1) is 0 Å². The molecule has 1 saturated heterocycles. The van der Waals surface area contributed by atoms with Gasteiger partial charge in [0.2, 0.25) is 0 Å². The number of carbonyl (C=O) groups excluding carboxylic acids is 1. The number of rotatable bonds is 5. The van der Waals surface area contributed by atoms with E-state index in [9.17, 15) is 4.79 Å². The molecule has 0 N–H and O–H groups in total. The average molecular weight is 382 g/mol. The maximum Gasteiger partial charge on any atom is 0.176 e. The van der Waals surface area contributed by atoms with Crippen LogP contribution in [0, 0.1) is 12.8 Å². The van der Waals surface area contributed by atoms with Crippen molar-refractivity contribution in [1.82, 2.24) is 14.5 Å². The minimum absolute atomic E-state index is 0.168. The van der Waals surface area contributed by atoms with Crippen molar-refractivity contribution in [1.29, 1.82) is 0 Å². The number of likely N-dealkylation sites (tertiary alicyclic amines) is 1. The van der Waals surface area contributed by atoms with Crippen molar-refractivity contribution < 1.29 is 4.79 Å². The van der Waals surface area contributed by atoms with E-state index < -0.39 is 0 Å². The fourth-order valence-corrected chi connectivity index (χ4v) is 4.07. The first-order valence-electron chi connectivity index (χ1n) is 9.53. The van der Waals surface area contributed by atoms with Crippen LogP contribution < -0.4 is 0 Å². The van der Waals surface area contributed by atoms with Gasteiger partial charge < -0.3 is 4.57 Å². The molecule has 0 saturated carbocycles. The molecule has 1 aliphatic heterocycles. The molecule has 0 spiro atoms. The zero-order valence-electron chi connectivity index (χ0n) is 15.6. The number of imidazole rings is 1. The lowest BCUT2D eigenvalue weighted by Crippen LogP contribution is -2.38. The van der Waals surface area contributed by atoms with E-state index in [4.69, 9.17) is 11.6 Å². The Labute approximate surface area is 164 Å². The highest BCUT2D eigenvalue weighted by Gasteiger charge is 2.22. The number of hydrogen-bond acceptors (Lipinski definition) is 3. The summed E-state index contributed by atoms with van der Waals surface area (Å²) in [5.41, 5.74) is 3.03. The molecule has 5 heteroatoms. The lowest BCUT2D eigenvalue weighted by Gasteiger charge is -2.32. The number of Topliss-reactive ketones (excluding diaryl/α,β-unsaturated/α-hetero) is 1. The number of nitrogens with zero attached hydrogens (tertiary/aromatic N) is 3. The van der Waals surface area contributed by atoms with Crippen LogP contribution in [0.5, 0.6) is 0 Å². The molecule has 0 amide bonds. The summed E-state index contributed by atoms with van der Waals surface area (Å²) in [6.45, 7) is 5.51. The molecule has 4 rings (SSSR count). The monoisotopic (exact) mass is 381 g/mol. The fraction of sp³-hybridized carbons (Fsp3) is 0.364. The molecule has 0 aliphatic carbocycles. The van der Waals surface area contributed by atoms with Gasteiger partial charge in [0.1, 0.15) is 5.82 Å². The Morgan fingerprint density at radius 3 is 2.56 bits per heavy atom. The fourth-order valence-electron chi connectivity index (χ4n) is 3.94. The smallest absolute Gasteiger partial charge is 0.176 e. The van der Waals surface area contributed by atoms with Crippen molar-refractivity contribution in [3.05, 3.63) is 64.9 Å². The lowest BCUT2D eigenvalue weighted by molar-refractivity contribution is 0.0890. The highest BCUT2D eigenvalue weighted by Crippen LogP contribution is 2.23. The van der Waals surface area contributed by atoms with Crippen LogP contribution in [0.25, 0.3) is 11.0 Å². The predicted octanol–water partition coefficient (Wildman–Crippen LogP) is 4.59. The highest BCUT2D eigenvalue weighted by molar-refractivity contribution is 6.30. The van der Waals surface area contributed by atoms with Gasteiger partial charge in [-0.3, -0.25) is 9.69 Å². The normalized spacial score (nSPS) is 16.1. The molecule has 2 aromatic carbocycles. The number of benzene rings is 2. The van der Waals surface area contributed by atoms with Crippen molar-refractivity contribution in [3.8, 4) is 0 Å². The zero-order chi connectivity index (χ0) is 18.8. The molecule has 4 nitrogen and oxygen atoms in total. The van der Waals surface area contributed by atoms with Crippen LogP contribution in [-0.4, -0.2) is 39.9 Å². The summed E-state index contributed by atoms with van der Waals surface area (Å²) in [4.78, 5) is 19.4. The Morgan fingerprint density at radius 2 is 1.81 bits per heavy atom. The number of hydrogen-bond donors (Lipinski definition) is 0. The molecule has 0 unspecified atom stereocenters. The van der Waals surface area contributed by atoms with E-state index in [1.54, 1.807) is 12.1 Å². The molecule has 2 heterocycles. The van der Waals surface area contributed by atoms with Crippen LogP contribution in [0.2, 0.25) is 5.02 Å². The molecule has 3 aromatic rings. The second-order valence-electron chi connectivity index (χ2n) is 7.41. The van der Waals surface area contributed by atoms with Crippen molar-refractivity contribution in [2.24, 2.45) is 5.92 Å². The van der Waals surface area contributed by atoms with E-state index in [0.29, 0.717) is 17.5 Å². The summed E-state index contributed by atoms with van der Waals surface area (Å²) in [5, 5.41) is 0.662. The second-order valence-corrected chi connectivity index (χ2v) is 7.84. The van der Waals surface area contributed by atoms with Crippen LogP contribution >= 0.6 is 11.6 Å². The molecule has 1 fully saturated rings. The van der Waals surface area contributed by atoms with Gasteiger partial charge in [-0.05, 0) is 75.2 Å². The van der Waals surface area contributed by atoms with Gasteiger partial charge in [-0.2, -0.15) is 0 Å². The van der Waals surface area contributed by atoms with E-state index in [-0.39, 0.29) is 5.78 Å². The first-order chi connectivity index (χ1) is 13.1. The Balaban J connectivity index is 1.34. The number of carbonyl (C=O) groups is 1. The average Bonchev–Trinajstić information content (AvgIpc) is 2.99. The van der Waals surface area contributed by atoms with Gasteiger partial charge in [0.05, 0.1) is 17.6 Å². The number of fused-ring (bicyclic) bond motifs is 1. The summed E-state index contributed by atoms with van der Waals surface area (Å²) in [6, 6.07) is 15.5. The molecular formula is C22H24ClN3O. The number of aromatic nitrogens is 2. The maximum absolute atomic E-state index is 12.5. The van der Waals surface area contributed by atoms with Crippen LogP contribution in [0.3, 0.4) is 0 Å². The Bertz CT molecular complexity index is 940. The third-order valence-corrected chi connectivity index (χ3v) is 5.78. The summed E-state index contributed by atoms with van der Waals surface area (Å²) in [6.07, 6.45) is 2.22. The minimum atomic E-state index is 0.168. The maximum atomic E-state index is 12.5. The lowest BCUT2D eigenvalue weighted by atomic mass is 9.96. The van der Waals surface area contributed by atoms with E-state index in [0.717, 1.165) is 49.4 Å². The molecule has 140 valence electrons. The second kappa shape index (κ2) is 7.83. The molecule has 1 aromatic heterocycles. The molecule has 0 bridgehead atoms.